The largest absolute Gasteiger partial charge is 0.322 e. The van der Waals surface area contributed by atoms with Gasteiger partial charge in [-0.2, -0.15) is 5.10 Å². The molecular weight excluding hydrogens is 312 g/mol. The Hall–Kier alpha value is -2.69. The normalized spacial score (nSPS) is 11.5. The van der Waals surface area contributed by atoms with Crippen LogP contribution in [-0.2, 0) is 0 Å². The maximum Gasteiger partial charge on any atom is 0.256 e. The monoisotopic (exact) mass is 336 g/mol. The number of para-hydroxylation sites is 1. The van der Waals surface area contributed by atoms with Crippen molar-refractivity contribution < 1.29 is 4.79 Å². The summed E-state index contributed by atoms with van der Waals surface area (Å²) in [5.74, 6) is 0.0943. The van der Waals surface area contributed by atoms with Crippen LogP contribution in [0, 0.1) is 6.92 Å². The SMILES string of the molecule is Cc1ccccc1NC(=O)c1cc(C(C)C)nc2c1cnn2C(C)C. The summed E-state index contributed by atoms with van der Waals surface area (Å²) in [6.45, 7) is 10.3. The molecule has 0 saturated carbocycles. The zero-order valence-electron chi connectivity index (χ0n) is 15.4. The van der Waals surface area contributed by atoms with E-state index in [1.807, 2.05) is 41.9 Å². The zero-order chi connectivity index (χ0) is 18.1. The fourth-order valence-corrected chi connectivity index (χ4v) is 2.80. The summed E-state index contributed by atoms with van der Waals surface area (Å²) >= 11 is 0. The van der Waals surface area contributed by atoms with Crippen molar-refractivity contribution in [2.24, 2.45) is 0 Å². The van der Waals surface area contributed by atoms with Crippen molar-refractivity contribution in [3.63, 3.8) is 0 Å². The van der Waals surface area contributed by atoms with Crippen LogP contribution in [0.2, 0.25) is 0 Å². The number of fused-ring (bicyclic) bond motifs is 1. The van der Waals surface area contributed by atoms with Crippen molar-refractivity contribution in [3.8, 4) is 0 Å². The number of benzene rings is 1. The molecule has 3 rings (SSSR count). The van der Waals surface area contributed by atoms with E-state index in [-0.39, 0.29) is 17.9 Å². The number of anilines is 1. The van der Waals surface area contributed by atoms with Crippen LogP contribution in [0.4, 0.5) is 5.69 Å². The van der Waals surface area contributed by atoms with Gasteiger partial charge in [-0.25, -0.2) is 9.67 Å². The van der Waals surface area contributed by atoms with E-state index in [2.05, 4.69) is 38.1 Å². The van der Waals surface area contributed by atoms with E-state index in [1.54, 1.807) is 6.20 Å². The first-order valence-corrected chi connectivity index (χ1v) is 8.63. The fraction of sp³-hybridized carbons (Fsp3) is 0.350. The van der Waals surface area contributed by atoms with Crippen LogP contribution < -0.4 is 5.32 Å². The molecule has 0 fully saturated rings. The topological polar surface area (TPSA) is 59.8 Å². The molecule has 5 heteroatoms. The summed E-state index contributed by atoms with van der Waals surface area (Å²) in [5, 5.41) is 8.24. The highest BCUT2D eigenvalue weighted by Crippen LogP contribution is 2.25. The van der Waals surface area contributed by atoms with Crippen LogP contribution in [0.1, 0.15) is 61.3 Å². The molecule has 130 valence electrons. The maximum absolute atomic E-state index is 13.0. The number of amides is 1. The predicted octanol–water partition coefficient (Wildman–Crippen LogP) is 4.70. The first-order chi connectivity index (χ1) is 11.9. The Morgan fingerprint density at radius 3 is 2.52 bits per heavy atom. The Morgan fingerprint density at radius 2 is 1.88 bits per heavy atom. The van der Waals surface area contributed by atoms with Crippen molar-refractivity contribution in [2.75, 3.05) is 5.32 Å². The highest BCUT2D eigenvalue weighted by molar-refractivity contribution is 6.12. The second kappa shape index (κ2) is 6.67. The van der Waals surface area contributed by atoms with Crippen molar-refractivity contribution in [3.05, 3.63) is 53.3 Å². The fourth-order valence-electron chi connectivity index (χ4n) is 2.80. The van der Waals surface area contributed by atoms with Gasteiger partial charge in [0.05, 0.1) is 17.1 Å². The smallest absolute Gasteiger partial charge is 0.256 e. The van der Waals surface area contributed by atoms with Gasteiger partial charge in [0, 0.05) is 17.4 Å². The lowest BCUT2D eigenvalue weighted by atomic mass is 10.0. The molecule has 0 radical (unpaired) electrons. The highest BCUT2D eigenvalue weighted by Gasteiger charge is 2.19. The minimum atomic E-state index is -0.132. The van der Waals surface area contributed by atoms with Crippen molar-refractivity contribution in [1.82, 2.24) is 14.8 Å². The van der Waals surface area contributed by atoms with E-state index in [0.29, 0.717) is 5.56 Å². The van der Waals surface area contributed by atoms with Crippen LogP contribution in [-0.4, -0.2) is 20.7 Å². The molecule has 1 aromatic carbocycles. The van der Waals surface area contributed by atoms with Crippen LogP contribution in [0.3, 0.4) is 0 Å². The van der Waals surface area contributed by atoms with Crippen LogP contribution in [0.25, 0.3) is 11.0 Å². The lowest BCUT2D eigenvalue weighted by Crippen LogP contribution is -2.15. The van der Waals surface area contributed by atoms with Crippen molar-refractivity contribution >= 4 is 22.6 Å². The maximum atomic E-state index is 13.0. The van der Waals surface area contributed by atoms with E-state index >= 15 is 0 Å². The molecule has 0 bridgehead atoms. The summed E-state index contributed by atoms with van der Waals surface area (Å²) in [7, 11) is 0. The lowest BCUT2D eigenvalue weighted by molar-refractivity contribution is 0.102. The number of hydrogen-bond donors (Lipinski definition) is 1. The lowest BCUT2D eigenvalue weighted by Gasteiger charge is -2.13. The van der Waals surface area contributed by atoms with E-state index in [4.69, 9.17) is 4.98 Å². The quantitative estimate of drug-likeness (QED) is 0.751. The molecule has 2 heterocycles. The van der Waals surface area contributed by atoms with Gasteiger partial charge in [0.1, 0.15) is 0 Å². The summed E-state index contributed by atoms with van der Waals surface area (Å²) in [6.07, 6.45) is 1.74. The Kier molecular flexibility index (Phi) is 4.57. The van der Waals surface area contributed by atoms with Gasteiger partial charge in [-0.05, 0) is 44.4 Å². The molecular formula is C20H24N4O. The first-order valence-electron chi connectivity index (χ1n) is 8.63. The average molecular weight is 336 g/mol. The van der Waals surface area contributed by atoms with E-state index in [9.17, 15) is 4.79 Å². The number of hydrogen-bond acceptors (Lipinski definition) is 3. The Balaban J connectivity index is 2.11. The van der Waals surface area contributed by atoms with Gasteiger partial charge < -0.3 is 5.32 Å². The molecule has 25 heavy (non-hydrogen) atoms. The third-order valence-electron chi connectivity index (χ3n) is 4.31. The minimum absolute atomic E-state index is 0.132. The summed E-state index contributed by atoms with van der Waals surface area (Å²) in [5.41, 5.74) is 4.12. The van der Waals surface area contributed by atoms with E-state index in [1.165, 1.54) is 0 Å². The molecule has 0 atom stereocenters. The van der Waals surface area contributed by atoms with Gasteiger partial charge in [0.15, 0.2) is 5.65 Å². The molecule has 1 N–H and O–H groups in total. The minimum Gasteiger partial charge on any atom is -0.322 e. The molecule has 2 aromatic heterocycles. The number of nitrogens with one attached hydrogen (secondary N) is 1. The second-order valence-electron chi connectivity index (χ2n) is 6.94. The number of carbonyl (C=O) groups excluding carboxylic acids is 1. The Morgan fingerprint density at radius 1 is 1.16 bits per heavy atom. The molecule has 0 aliphatic carbocycles. The molecule has 5 nitrogen and oxygen atoms in total. The van der Waals surface area contributed by atoms with Gasteiger partial charge in [-0.1, -0.05) is 32.0 Å². The molecule has 3 aromatic rings. The molecule has 0 saturated heterocycles. The summed E-state index contributed by atoms with van der Waals surface area (Å²) in [6, 6.07) is 9.83. The van der Waals surface area contributed by atoms with E-state index in [0.717, 1.165) is 28.0 Å². The number of carbonyl (C=O) groups is 1. The predicted molar refractivity (Wildman–Crippen MR) is 101 cm³/mol. The first kappa shape index (κ1) is 17.1. The number of pyridine rings is 1. The zero-order valence-corrected chi connectivity index (χ0v) is 15.4. The number of rotatable bonds is 4. The molecule has 0 unspecified atom stereocenters. The van der Waals surface area contributed by atoms with E-state index < -0.39 is 0 Å². The van der Waals surface area contributed by atoms with Crippen LogP contribution in [0.15, 0.2) is 36.5 Å². The van der Waals surface area contributed by atoms with Gasteiger partial charge in [-0.3, -0.25) is 4.79 Å². The summed E-state index contributed by atoms with van der Waals surface area (Å²) in [4.78, 5) is 17.7. The van der Waals surface area contributed by atoms with Gasteiger partial charge >= 0.3 is 0 Å². The number of aromatic nitrogens is 3. The van der Waals surface area contributed by atoms with Crippen molar-refractivity contribution in [2.45, 2.75) is 46.6 Å². The molecule has 0 spiro atoms. The van der Waals surface area contributed by atoms with Gasteiger partial charge in [0.25, 0.3) is 5.91 Å². The molecule has 1 amide bonds. The summed E-state index contributed by atoms with van der Waals surface area (Å²) < 4.78 is 1.87. The molecule has 0 aliphatic heterocycles. The highest BCUT2D eigenvalue weighted by atomic mass is 16.1. The van der Waals surface area contributed by atoms with Gasteiger partial charge in [-0.15, -0.1) is 0 Å². The van der Waals surface area contributed by atoms with Crippen LogP contribution in [0.5, 0.6) is 0 Å². The third kappa shape index (κ3) is 3.27. The van der Waals surface area contributed by atoms with Crippen LogP contribution >= 0.6 is 0 Å². The van der Waals surface area contributed by atoms with Gasteiger partial charge in [0.2, 0.25) is 0 Å². The molecule has 0 aliphatic rings. The third-order valence-corrected chi connectivity index (χ3v) is 4.31. The number of aryl methyl sites for hydroxylation is 1. The standard InChI is InChI=1S/C20H24N4O/c1-12(2)18-10-15(16-11-21-24(13(3)4)19(16)22-18)20(25)23-17-9-7-6-8-14(17)5/h6-13H,1-5H3,(H,23,25). The average Bonchev–Trinajstić information content (AvgIpc) is 3.00. The Bertz CT molecular complexity index is 925. The second-order valence-corrected chi connectivity index (χ2v) is 6.94. The Labute approximate surface area is 148 Å². The number of nitrogens with zero attached hydrogens (tertiary/aromatic N) is 3. The van der Waals surface area contributed by atoms with Crippen molar-refractivity contribution in [1.29, 1.82) is 0 Å².